The molecule has 0 amide bonds. The van der Waals surface area contributed by atoms with E-state index in [1.54, 1.807) is 6.08 Å². The van der Waals surface area contributed by atoms with Crippen LogP contribution in [0.15, 0.2) is 64.7 Å². The van der Waals surface area contributed by atoms with Crippen LogP contribution >= 0.6 is 0 Å². The second-order valence-electron chi connectivity index (χ2n) is 5.81. The topological polar surface area (TPSA) is 70.6 Å². The van der Waals surface area contributed by atoms with Crippen molar-refractivity contribution in [3.8, 4) is 0 Å². The van der Waals surface area contributed by atoms with E-state index in [0.717, 1.165) is 16.8 Å². The Morgan fingerprint density at radius 2 is 1.79 bits per heavy atom. The van der Waals surface area contributed by atoms with Crippen LogP contribution in [0.2, 0.25) is 0 Å². The molecule has 0 saturated carbocycles. The van der Waals surface area contributed by atoms with Gasteiger partial charge in [-0.25, -0.2) is 0 Å². The van der Waals surface area contributed by atoms with Gasteiger partial charge in [-0.3, -0.25) is 4.72 Å². The van der Waals surface area contributed by atoms with Gasteiger partial charge in [-0.2, -0.15) is 8.42 Å². The maximum atomic E-state index is 12.0. The molecule has 5 nitrogen and oxygen atoms in total. The highest BCUT2D eigenvalue weighted by molar-refractivity contribution is 7.88. The molecule has 0 spiro atoms. The van der Waals surface area contributed by atoms with Gasteiger partial charge in [-0.05, 0) is 42.7 Å². The maximum Gasteiger partial charge on any atom is 0.343 e. The molecule has 2 N–H and O–H groups in total. The van der Waals surface area contributed by atoms with Gasteiger partial charge < -0.3 is 5.32 Å². The van der Waals surface area contributed by atoms with E-state index in [-0.39, 0.29) is 0 Å². The van der Waals surface area contributed by atoms with Crippen LogP contribution in [0.3, 0.4) is 0 Å². The number of benzene rings is 2. The standard InChI is InChI=1S/C18H19N3O2S/c1-13-8-9-16(10-14(13)2)19-18-12-17(20-24(22,23)21-18)11-15-6-4-3-5-7-15/h3-10,12,20H,11H2,1-2H3,(H,19,21). The Morgan fingerprint density at radius 1 is 1.04 bits per heavy atom. The molecule has 24 heavy (non-hydrogen) atoms. The molecule has 0 atom stereocenters. The zero-order chi connectivity index (χ0) is 17.2. The molecule has 3 rings (SSSR count). The van der Waals surface area contributed by atoms with E-state index in [9.17, 15) is 8.42 Å². The summed E-state index contributed by atoms with van der Waals surface area (Å²) in [6.07, 6.45) is 2.22. The summed E-state index contributed by atoms with van der Waals surface area (Å²) in [6, 6.07) is 15.6. The Bertz CT molecular complexity index is 917. The fraction of sp³-hybridized carbons (Fsp3) is 0.167. The van der Waals surface area contributed by atoms with Gasteiger partial charge >= 0.3 is 10.2 Å². The molecule has 2 aromatic carbocycles. The number of rotatable bonds is 3. The first-order chi connectivity index (χ1) is 11.4. The molecule has 0 fully saturated rings. The average Bonchev–Trinajstić information content (AvgIpc) is 2.50. The van der Waals surface area contributed by atoms with Crippen molar-refractivity contribution in [1.29, 1.82) is 0 Å². The van der Waals surface area contributed by atoms with Crippen LogP contribution in [-0.2, 0) is 16.6 Å². The minimum atomic E-state index is -3.73. The monoisotopic (exact) mass is 341 g/mol. The first-order valence-electron chi connectivity index (χ1n) is 7.63. The fourth-order valence-corrected chi connectivity index (χ4v) is 3.33. The Morgan fingerprint density at radius 3 is 2.50 bits per heavy atom. The van der Waals surface area contributed by atoms with Gasteiger partial charge in [0, 0.05) is 23.9 Å². The van der Waals surface area contributed by atoms with E-state index in [0.29, 0.717) is 18.0 Å². The van der Waals surface area contributed by atoms with Crippen LogP contribution in [0.1, 0.15) is 16.7 Å². The van der Waals surface area contributed by atoms with Gasteiger partial charge in [0.25, 0.3) is 0 Å². The van der Waals surface area contributed by atoms with E-state index in [4.69, 9.17) is 0 Å². The fourth-order valence-electron chi connectivity index (χ4n) is 2.47. The summed E-state index contributed by atoms with van der Waals surface area (Å²) in [6.45, 7) is 4.04. The van der Waals surface area contributed by atoms with Crippen LogP contribution in [0.4, 0.5) is 5.69 Å². The van der Waals surface area contributed by atoms with Gasteiger partial charge in [0.2, 0.25) is 0 Å². The summed E-state index contributed by atoms with van der Waals surface area (Å²) in [5.74, 6) is 0.308. The minimum absolute atomic E-state index is 0.308. The Labute approximate surface area is 142 Å². The number of nitrogens with one attached hydrogen (secondary N) is 2. The zero-order valence-corrected chi connectivity index (χ0v) is 14.4. The Hall–Kier alpha value is -2.60. The molecule has 0 unspecified atom stereocenters. The number of anilines is 1. The molecule has 0 aliphatic carbocycles. The summed E-state index contributed by atoms with van der Waals surface area (Å²) < 4.78 is 30.2. The SMILES string of the molecule is Cc1ccc(NC2=NS(=O)(=O)NC(Cc3ccccc3)=C2)cc1C. The number of nitrogens with zero attached hydrogens (tertiary/aromatic N) is 1. The van der Waals surface area contributed by atoms with Crippen LogP contribution in [0, 0.1) is 13.8 Å². The summed E-state index contributed by atoms with van der Waals surface area (Å²) in [4.78, 5) is 0. The molecule has 0 aromatic heterocycles. The van der Waals surface area contributed by atoms with E-state index in [1.165, 1.54) is 5.56 Å². The summed E-state index contributed by atoms with van der Waals surface area (Å²) in [5, 5.41) is 3.07. The van der Waals surface area contributed by atoms with Crippen molar-refractivity contribution in [1.82, 2.24) is 4.72 Å². The van der Waals surface area contributed by atoms with Gasteiger partial charge in [0.1, 0.15) is 5.84 Å². The van der Waals surface area contributed by atoms with E-state index >= 15 is 0 Å². The highest BCUT2D eigenvalue weighted by atomic mass is 32.2. The molecule has 1 heterocycles. The third-order valence-electron chi connectivity index (χ3n) is 3.81. The number of aryl methyl sites for hydroxylation is 2. The first-order valence-corrected chi connectivity index (χ1v) is 9.07. The lowest BCUT2D eigenvalue weighted by Crippen LogP contribution is -2.30. The normalized spacial score (nSPS) is 15.9. The molecule has 0 bridgehead atoms. The zero-order valence-electron chi connectivity index (χ0n) is 13.6. The number of hydrogen-bond donors (Lipinski definition) is 2. The van der Waals surface area contributed by atoms with Crippen LogP contribution in [0.5, 0.6) is 0 Å². The molecular weight excluding hydrogens is 322 g/mol. The van der Waals surface area contributed by atoms with E-state index in [2.05, 4.69) is 14.4 Å². The number of allylic oxidation sites excluding steroid dienone is 1. The van der Waals surface area contributed by atoms with Crippen molar-refractivity contribution in [2.75, 3.05) is 5.32 Å². The first kappa shape index (κ1) is 16.3. The molecule has 1 aliphatic rings. The lowest BCUT2D eigenvalue weighted by atomic mass is 10.1. The molecule has 124 valence electrons. The molecular formula is C18H19N3O2S. The van der Waals surface area contributed by atoms with Gasteiger partial charge in [-0.15, -0.1) is 4.40 Å². The summed E-state index contributed by atoms with van der Waals surface area (Å²) in [7, 11) is -3.73. The van der Waals surface area contributed by atoms with Crippen molar-refractivity contribution in [2.24, 2.45) is 4.40 Å². The predicted octanol–water partition coefficient (Wildman–Crippen LogP) is 3.09. The Kier molecular flexibility index (Phi) is 4.40. The second kappa shape index (κ2) is 6.49. The van der Waals surface area contributed by atoms with Gasteiger partial charge in [0.05, 0.1) is 0 Å². The second-order valence-corrected chi connectivity index (χ2v) is 7.15. The molecule has 0 saturated heterocycles. The van der Waals surface area contributed by atoms with Gasteiger partial charge in [0.15, 0.2) is 0 Å². The molecule has 0 radical (unpaired) electrons. The third-order valence-corrected chi connectivity index (χ3v) is 4.76. The summed E-state index contributed by atoms with van der Waals surface area (Å²) in [5.41, 5.74) is 4.73. The van der Waals surface area contributed by atoms with Crippen molar-refractivity contribution < 1.29 is 8.42 Å². The maximum absolute atomic E-state index is 12.0. The highest BCUT2D eigenvalue weighted by Crippen LogP contribution is 2.17. The van der Waals surface area contributed by atoms with Crippen molar-refractivity contribution in [3.63, 3.8) is 0 Å². The largest absolute Gasteiger partial charge is 0.343 e. The quantitative estimate of drug-likeness (QED) is 0.901. The number of hydrogen-bond acceptors (Lipinski definition) is 3. The van der Waals surface area contributed by atoms with Crippen molar-refractivity contribution in [2.45, 2.75) is 20.3 Å². The van der Waals surface area contributed by atoms with Crippen LogP contribution in [-0.4, -0.2) is 14.3 Å². The van der Waals surface area contributed by atoms with Crippen molar-refractivity contribution >= 4 is 21.7 Å². The van der Waals surface area contributed by atoms with Crippen molar-refractivity contribution in [3.05, 3.63) is 77.0 Å². The number of amidine groups is 1. The summed E-state index contributed by atoms with van der Waals surface area (Å²) >= 11 is 0. The lowest BCUT2D eigenvalue weighted by Gasteiger charge is -2.17. The predicted molar refractivity (Wildman–Crippen MR) is 97.3 cm³/mol. The third kappa shape index (κ3) is 4.02. The Balaban J connectivity index is 1.85. The van der Waals surface area contributed by atoms with Gasteiger partial charge in [-0.1, -0.05) is 36.4 Å². The lowest BCUT2D eigenvalue weighted by molar-refractivity contribution is 0.589. The average molecular weight is 341 g/mol. The molecule has 2 aromatic rings. The minimum Gasteiger partial charge on any atom is -0.339 e. The van der Waals surface area contributed by atoms with E-state index in [1.807, 2.05) is 62.4 Å². The molecule has 1 aliphatic heterocycles. The van der Waals surface area contributed by atoms with E-state index < -0.39 is 10.2 Å². The highest BCUT2D eigenvalue weighted by Gasteiger charge is 2.18. The molecule has 6 heteroatoms. The van der Waals surface area contributed by atoms with Crippen LogP contribution in [0.25, 0.3) is 0 Å². The smallest absolute Gasteiger partial charge is 0.339 e. The van der Waals surface area contributed by atoms with Crippen LogP contribution < -0.4 is 10.0 Å².